The van der Waals surface area contributed by atoms with E-state index in [0.717, 1.165) is 47.2 Å². The van der Waals surface area contributed by atoms with Crippen molar-refractivity contribution in [2.75, 3.05) is 6.79 Å². The molecule has 1 aliphatic heterocycles. The number of rotatable bonds is 2. The molecule has 0 spiro atoms. The van der Waals surface area contributed by atoms with Crippen molar-refractivity contribution in [3.8, 4) is 11.5 Å². The Bertz CT molecular complexity index is 484. The Morgan fingerprint density at radius 3 is 2.78 bits per heavy atom. The summed E-state index contributed by atoms with van der Waals surface area (Å²) in [7, 11) is 0. The van der Waals surface area contributed by atoms with Crippen LogP contribution in [0.5, 0.6) is 11.5 Å². The number of ketones is 1. The summed E-state index contributed by atoms with van der Waals surface area (Å²) < 4.78 is 11.7. The molecule has 0 N–H and O–H groups in total. The highest BCUT2D eigenvalue weighted by molar-refractivity contribution is 9.10. The fraction of sp³-hybridized carbons (Fsp3) is 0.500. The summed E-state index contributed by atoms with van der Waals surface area (Å²) in [4.78, 5) is 11.9. The van der Waals surface area contributed by atoms with Gasteiger partial charge in [-0.05, 0) is 37.0 Å². The Morgan fingerprint density at radius 1 is 1.22 bits per heavy atom. The zero-order valence-electron chi connectivity index (χ0n) is 10.1. The highest BCUT2D eigenvalue weighted by Crippen LogP contribution is 2.38. The van der Waals surface area contributed by atoms with Crippen LogP contribution in [0.3, 0.4) is 0 Å². The minimum atomic E-state index is 0.176. The Hall–Kier alpha value is -1.03. The van der Waals surface area contributed by atoms with Crippen molar-refractivity contribution in [1.29, 1.82) is 0 Å². The van der Waals surface area contributed by atoms with E-state index in [4.69, 9.17) is 9.47 Å². The van der Waals surface area contributed by atoms with Crippen LogP contribution in [-0.2, 0) is 11.2 Å². The zero-order chi connectivity index (χ0) is 12.5. The van der Waals surface area contributed by atoms with E-state index in [0.29, 0.717) is 5.78 Å². The SMILES string of the molecule is O=C1CCCC[C@@H]1Cc1cc2c(cc1Br)OCO2. The van der Waals surface area contributed by atoms with Gasteiger partial charge in [-0.1, -0.05) is 22.4 Å². The number of hydrogen-bond donors (Lipinski definition) is 0. The predicted molar refractivity (Wildman–Crippen MR) is 70.9 cm³/mol. The minimum absolute atomic E-state index is 0.176. The maximum Gasteiger partial charge on any atom is 0.231 e. The van der Waals surface area contributed by atoms with Gasteiger partial charge in [-0.25, -0.2) is 0 Å². The number of benzene rings is 1. The quantitative estimate of drug-likeness (QED) is 0.839. The van der Waals surface area contributed by atoms with Crippen molar-refractivity contribution < 1.29 is 14.3 Å². The van der Waals surface area contributed by atoms with Crippen molar-refractivity contribution in [2.45, 2.75) is 32.1 Å². The molecule has 1 saturated carbocycles. The second kappa shape index (κ2) is 4.92. The van der Waals surface area contributed by atoms with Crippen molar-refractivity contribution in [1.82, 2.24) is 0 Å². The summed E-state index contributed by atoms with van der Waals surface area (Å²) >= 11 is 3.55. The molecule has 3 rings (SSSR count). The first-order valence-corrected chi connectivity index (χ1v) is 7.14. The molecule has 1 fully saturated rings. The third-order valence-electron chi connectivity index (χ3n) is 3.69. The maximum atomic E-state index is 11.9. The van der Waals surface area contributed by atoms with E-state index in [1.807, 2.05) is 12.1 Å². The van der Waals surface area contributed by atoms with Crippen LogP contribution in [0.4, 0.5) is 0 Å². The fourth-order valence-corrected chi connectivity index (χ4v) is 3.14. The fourth-order valence-electron chi connectivity index (χ4n) is 2.65. The molecule has 1 aliphatic carbocycles. The molecule has 0 saturated heterocycles. The molecule has 1 heterocycles. The highest BCUT2D eigenvalue weighted by atomic mass is 79.9. The Morgan fingerprint density at radius 2 is 2.00 bits per heavy atom. The second-order valence-electron chi connectivity index (χ2n) is 4.91. The van der Waals surface area contributed by atoms with E-state index >= 15 is 0 Å². The van der Waals surface area contributed by atoms with Gasteiger partial charge in [0.1, 0.15) is 5.78 Å². The number of ether oxygens (including phenoxy) is 2. The van der Waals surface area contributed by atoms with E-state index in [9.17, 15) is 4.79 Å². The van der Waals surface area contributed by atoms with E-state index in [1.54, 1.807) is 0 Å². The molecular weight excluding hydrogens is 296 g/mol. The Balaban J connectivity index is 1.82. The van der Waals surface area contributed by atoms with Crippen molar-refractivity contribution in [3.63, 3.8) is 0 Å². The number of hydrogen-bond acceptors (Lipinski definition) is 3. The van der Waals surface area contributed by atoms with Gasteiger partial charge in [0.05, 0.1) is 0 Å². The molecule has 4 heteroatoms. The topological polar surface area (TPSA) is 35.5 Å². The van der Waals surface area contributed by atoms with E-state index in [1.165, 1.54) is 6.42 Å². The normalized spacial score (nSPS) is 22.3. The lowest BCUT2D eigenvalue weighted by molar-refractivity contribution is -0.124. The molecule has 0 amide bonds. The molecule has 1 aromatic rings. The standard InChI is InChI=1S/C14H15BrO3/c15-11-7-14-13(17-8-18-14)6-10(11)5-9-3-1-2-4-12(9)16/h6-7,9H,1-5,8H2/t9-/m1/s1. The molecule has 0 radical (unpaired) electrons. The van der Waals surface area contributed by atoms with Gasteiger partial charge in [-0.3, -0.25) is 4.79 Å². The van der Waals surface area contributed by atoms with Gasteiger partial charge in [0, 0.05) is 16.8 Å². The maximum absolute atomic E-state index is 11.9. The third kappa shape index (κ3) is 2.26. The largest absolute Gasteiger partial charge is 0.454 e. The van der Waals surface area contributed by atoms with Gasteiger partial charge in [0.25, 0.3) is 0 Å². The average Bonchev–Trinajstić information content (AvgIpc) is 2.79. The molecule has 1 aromatic carbocycles. The van der Waals surface area contributed by atoms with Gasteiger partial charge >= 0.3 is 0 Å². The first-order chi connectivity index (χ1) is 8.74. The van der Waals surface area contributed by atoms with Crippen LogP contribution in [0.15, 0.2) is 16.6 Å². The molecule has 2 aliphatic rings. The second-order valence-corrected chi connectivity index (χ2v) is 5.76. The summed E-state index contributed by atoms with van der Waals surface area (Å²) in [6.07, 6.45) is 4.78. The van der Waals surface area contributed by atoms with Crippen LogP contribution in [0.2, 0.25) is 0 Å². The predicted octanol–water partition coefficient (Wildman–Crippen LogP) is 3.48. The van der Waals surface area contributed by atoms with E-state index in [-0.39, 0.29) is 12.7 Å². The van der Waals surface area contributed by atoms with Crippen LogP contribution in [0.1, 0.15) is 31.2 Å². The molecule has 96 valence electrons. The summed E-state index contributed by atoms with van der Waals surface area (Å²) in [5.41, 5.74) is 1.14. The van der Waals surface area contributed by atoms with Gasteiger partial charge in [0.2, 0.25) is 6.79 Å². The third-order valence-corrected chi connectivity index (χ3v) is 4.43. The summed E-state index contributed by atoms with van der Waals surface area (Å²) in [6.45, 7) is 0.285. The molecule has 3 nitrogen and oxygen atoms in total. The molecule has 0 unspecified atom stereocenters. The van der Waals surface area contributed by atoms with Crippen LogP contribution < -0.4 is 9.47 Å². The van der Waals surface area contributed by atoms with Gasteiger partial charge in [0.15, 0.2) is 11.5 Å². The van der Waals surface area contributed by atoms with Crippen molar-refractivity contribution in [3.05, 3.63) is 22.2 Å². The number of carbonyl (C=O) groups excluding carboxylic acids is 1. The molecule has 0 aromatic heterocycles. The lowest BCUT2D eigenvalue weighted by atomic mass is 9.84. The monoisotopic (exact) mass is 310 g/mol. The molecule has 1 atom stereocenters. The molecule has 18 heavy (non-hydrogen) atoms. The zero-order valence-corrected chi connectivity index (χ0v) is 11.7. The smallest absolute Gasteiger partial charge is 0.231 e. The first-order valence-electron chi connectivity index (χ1n) is 6.35. The number of Topliss-reactive ketones (excluding diaryl/α,β-unsaturated/α-hetero) is 1. The summed E-state index contributed by atoms with van der Waals surface area (Å²) in [5, 5.41) is 0. The number of carbonyl (C=O) groups is 1. The van der Waals surface area contributed by atoms with Gasteiger partial charge < -0.3 is 9.47 Å². The van der Waals surface area contributed by atoms with E-state index in [2.05, 4.69) is 15.9 Å². The number of fused-ring (bicyclic) bond motifs is 1. The number of halogens is 1. The lowest BCUT2D eigenvalue weighted by Gasteiger charge is -2.21. The lowest BCUT2D eigenvalue weighted by Crippen LogP contribution is -2.21. The van der Waals surface area contributed by atoms with Gasteiger partial charge in [-0.2, -0.15) is 0 Å². The highest BCUT2D eigenvalue weighted by Gasteiger charge is 2.24. The summed E-state index contributed by atoms with van der Waals surface area (Å²) in [6, 6.07) is 3.93. The van der Waals surface area contributed by atoms with Crippen molar-refractivity contribution in [2.24, 2.45) is 5.92 Å². The van der Waals surface area contributed by atoms with Gasteiger partial charge in [-0.15, -0.1) is 0 Å². The average molecular weight is 311 g/mol. The first kappa shape index (κ1) is 12.0. The molecule has 0 bridgehead atoms. The van der Waals surface area contributed by atoms with Crippen LogP contribution in [0.25, 0.3) is 0 Å². The van der Waals surface area contributed by atoms with Crippen LogP contribution in [0, 0.1) is 5.92 Å². The van der Waals surface area contributed by atoms with Crippen LogP contribution >= 0.6 is 15.9 Å². The Labute approximate surface area is 115 Å². The Kier molecular flexibility index (Phi) is 3.29. The molecular formula is C14H15BrO3. The van der Waals surface area contributed by atoms with Crippen LogP contribution in [-0.4, -0.2) is 12.6 Å². The minimum Gasteiger partial charge on any atom is -0.454 e. The van der Waals surface area contributed by atoms with E-state index < -0.39 is 0 Å². The summed E-state index contributed by atoms with van der Waals surface area (Å²) in [5.74, 6) is 2.15. The van der Waals surface area contributed by atoms with Crippen molar-refractivity contribution >= 4 is 21.7 Å².